The van der Waals surface area contributed by atoms with Gasteiger partial charge in [-0.3, -0.25) is 19.6 Å². The van der Waals surface area contributed by atoms with Gasteiger partial charge in [-0.2, -0.15) is 0 Å². The van der Waals surface area contributed by atoms with Crippen molar-refractivity contribution in [1.82, 2.24) is 9.88 Å². The molecule has 1 unspecified atom stereocenters. The van der Waals surface area contributed by atoms with Crippen molar-refractivity contribution in [2.75, 3.05) is 0 Å². The Morgan fingerprint density at radius 3 is 2.68 bits per heavy atom. The van der Waals surface area contributed by atoms with E-state index in [0.29, 0.717) is 17.0 Å². The zero-order valence-electron chi connectivity index (χ0n) is 12.6. The van der Waals surface area contributed by atoms with Crippen molar-refractivity contribution in [2.24, 2.45) is 10.9 Å². The number of carbonyl (C=O) groups is 2. The molecule has 0 fully saturated rings. The molecule has 3 heterocycles. The van der Waals surface area contributed by atoms with Gasteiger partial charge in [0.25, 0.3) is 11.8 Å². The number of hydrogen-bond donors (Lipinski definition) is 0. The highest BCUT2D eigenvalue weighted by Gasteiger charge is 2.53. The molecule has 1 aromatic carbocycles. The Kier molecular flexibility index (Phi) is 2.39. The van der Waals surface area contributed by atoms with Gasteiger partial charge in [-0.1, -0.05) is 19.9 Å². The van der Waals surface area contributed by atoms with Gasteiger partial charge in [-0.15, -0.1) is 0 Å². The summed E-state index contributed by atoms with van der Waals surface area (Å²) in [5, 5.41) is 0.885. The lowest BCUT2D eigenvalue weighted by Gasteiger charge is -2.24. The maximum atomic E-state index is 12.7. The molecule has 0 bridgehead atoms. The van der Waals surface area contributed by atoms with E-state index in [2.05, 4.69) is 9.98 Å². The summed E-state index contributed by atoms with van der Waals surface area (Å²) in [4.78, 5) is 35.5. The van der Waals surface area contributed by atoms with Crippen LogP contribution in [0.1, 0.15) is 36.7 Å². The number of hydrogen-bond acceptors (Lipinski definition) is 4. The molecule has 2 amide bonds. The van der Waals surface area contributed by atoms with Gasteiger partial charge in [0.05, 0.1) is 11.1 Å². The number of amides is 2. The molecule has 0 aliphatic carbocycles. The minimum Gasteiger partial charge on any atom is -0.271 e. The summed E-state index contributed by atoms with van der Waals surface area (Å²) >= 11 is 0. The number of benzene rings is 1. The van der Waals surface area contributed by atoms with Crippen molar-refractivity contribution in [3.05, 3.63) is 41.6 Å². The average molecular weight is 293 g/mol. The Morgan fingerprint density at radius 2 is 1.95 bits per heavy atom. The zero-order chi connectivity index (χ0) is 15.6. The van der Waals surface area contributed by atoms with E-state index in [4.69, 9.17) is 0 Å². The topological polar surface area (TPSA) is 62.6 Å². The first-order chi connectivity index (χ1) is 10.4. The van der Waals surface area contributed by atoms with Crippen LogP contribution in [0, 0.1) is 5.92 Å². The number of carbonyl (C=O) groups excluding carboxylic acids is 2. The third kappa shape index (κ3) is 1.43. The first-order valence-corrected chi connectivity index (χ1v) is 7.31. The Labute approximate surface area is 127 Å². The van der Waals surface area contributed by atoms with E-state index in [1.807, 2.05) is 32.0 Å². The van der Waals surface area contributed by atoms with Crippen LogP contribution >= 0.6 is 0 Å². The molecule has 2 aliphatic heterocycles. The number of nitrogens with zero attached hydrogens (tertiary/aromatic N) is 3. The molecule has 0 radical (unpaired) electrons. The van der Waals surface area contributed by atoms with E-state index in [9.17, 15) is 9.59 Å². The van der Waals surface area contributed by atoms with Crippen molar-refractivity contribution in [1.29, 1.82) is 0 Å². The summed E-state index contributed by atoms with van der Waals surface area (Å²) in [7, 11) is 0. The smallest absolute Gasteiger partial charge is 0.267 e. The first-order valence-electron chi connectivity index (χ1n) is 7.31. The van der Waals surface area contributed by atoms with Gasteiger partial charge in [0.15, 0.2) is 0 Å². The molecular formula is C17H15N3O2. The Bertz CT molecular complexity index is 885. The van der Waals surface area contributed by atoms with Crippen LogP contribution in [0.5, 0.6) is 0 Å². The molecule has 110 valence electrons. The van der Waals surface area contributed by atoms with Crippen LogP contribution in [0.4, 0.5) is 0 Å². The van der Waals surface area contributed by atoms with Gasteiger partial charge in [0, 0.05) is 17.1 Å². The van der Waals surface area contributed by atoms with Crippen LogP contribution in [0.15, 0.2) is 35.5 Å². The number of pyridine rings is 1. The fourth-order valence-corrected chi connectivity index (χ4v) is 2.99. The number of amidine groups is 1. The predicted octanol–water partition coefficient (Wildman–Crippen LogP) is 2.39. The van der Waals surface area contributed by atoms with Crippen molar-refractivity contribution in [3.8, 4) is 0 Å². The highest BCUT2D eigenvalue weighted by Crippen LogP contribution is 2.38. The fourth-order valence-electron chi connectivity index (χ4n) is 2.99. The molecular weight excluding hydrogens is 278 g/mol. The standard InChI is InChI=1S/C17H15N3O2/c1-9(2)17(3)16(22)20-14(19-17)11-8-13-10(5-4-6-18-13)7-12(11)15(20)21/h4-9H,1-3H3. The molecule has 5 heteroatoms. The maximum absolute atomic E-state index is 12.7. The second-order valence-electron chi connectivity index (χ2n) is 6.28. The molecule has 0 saturated heterocycles. The van der Waals surface area contributed by atoms with Crippen LogP contribution in [0.25, 0.3) is 10.9 Å². The molecule has 0 N–H and O–H groups in total. The number of aromatic nitrogens is 1. The molecule has 22 heavy (non-hydrogen) atoms. The highest BCUT2D eigenvalue weighted by atomic mass is 16.2. The number of rotatable bonds is 1. The van der Waals surface area contributed by atoms with Crippen LogP contribution in [-0.2, 0) is 4.79 Å². The van der Waals surface area contributed by atoms with E-state index in [1.54, 1.807) is 19.2 Å². The lowest BCUT2D eigenvalue weighted by atomic mass is 9.88. The van der Waals surface area contributed by atoms with Gasteiger partial charge in [-0.25, -0.2) is 4.90 Å². The van der Waals surface area contributed by atoms with Gasteiger partial charge in [-0.05, 0) is 31.0 Å². The lowest BCUT2D eigenvalue weighted by molar-refractivity contribution is -0.130. The zero-order valence-corrected chi connectivity index (χ0v) is 12.6. The Hall–Kier alpha value is -2.56. The third-order valence-electron chi connectivity index (χ3n) is 4.73. The van der Waals surface area contributed by atoms with Crippen molar-refractivity contribution < 1.29 is 9.59 Å². The largest absolute Gasteiger partial charge is 0.271 e. The van der Waals surface area contributed by atoms with Gasteiger partial charge >= 0.3 is 0 Å². The molecule has 1 aromatic heterocycles. The van der Waals surface area contributed by atoms with Crippen LogP contribution in [-0.4, -0.2) is 33.1 Å². The quantitative estimate of drug-likeness (QED) is 0.758. The molecule has 2 aromatic rings. The minimum atomic E-state index is -0.873. The molecule has 5 nitrogen and oxygen atoms in total. The summed E-state index contributed by atoms with van der Waals surface area (Å²) in [6.07, 6.45) is 1.71. The Morgan fingerprint density at radius 1 is 1.18 bits per heavy atom. The van der Waals surface area contributed by atoms with E-state index >= 15 is 0 Å². The monoisotopic (exact) mass is 293 g/mol. The molecule has 4 rings (SSSR count). The molecule has 0 saturated carbocycles. The average Bonchev–Trinajstić information content (AvgIpc) is 2.92. The molecule has 2 aliphatic rings. The second kappa shape index (κ2) is 4.00. The maximum Gasteiger partial charge on any atom is 0.267 e. The minimum absolute atomic E-state index is 0.0212. The van der Waals surface area contributed by atoms with Crippen LogP contribution < -0.4 is 0 Å². The Balaban J connectivity index is 1.99. The summed E-state index contributed by atoms with van der Waals surface area (Å²) in [5.74, 6) is -0.0359. The lowest BCUT2D eigenvalue weighted by Crippen LogP contribution is -2.44. The van der Waals surface area contributed by atoms with Gasteiger partial charge < -0.3 is 0 Å². The predicted molar refractivity (Wildman–Crippen MR) is 82.7 cm³/mol. The van der Waals surface area contributed by atoms with Crippen molar-refractivity contribution >= 4 is 28.6 Å². The number of imide groups is 1. The first kappa shape index (κ1) is 13.1. The molecule has 0 spiro atoms. The van der Waals surface area contributed by atoms with Crippen molar-refractivity contribution in [3.63, 3.8) is 0 Å². The van der Waals surface area contributed by atoms with E-state index in [-0.39, 0.29) is 17.7 Å². The van der Waals surface area contributed by atoms with Crippen LogP contribution in [0.3, 0.4) is 0 Å². The molecule has 1 atom stereocenters. The SMILES string of the molecule is CC(C)C1(C)N=C2c3cc4ncccc4cc3C(=O)N2C1=O. The van der Waals surface area contributed by atoms with E-state index in [1.165, 1.54) is 4.90 Å². The third-order valence-corrected chi connectivity index (χ3v) is 4.73. The van der Waals surface area contributed by atoms with Crippen LogP contribution in [0.2, 0.25) is 0 Å². The van der Waals surface area contributed by atoms with E-state index in [0.717, 1.165) is 10.9 Å². The summed E-state index contributed by atoms with van der Waals surface area (Å²) in [6, 6.07) is 7.37. The summed E-state index contributed by atoms with van der Waals surface area (Å²) < 4.78 is 0. The number of fused-ring (bicyclic) bond motifs is 4. The van der Waals surface area contributed by atoms with Crippen molar-refractivity contribution in [2.45, 2.75) is 26.3 Å². The highest BCUT2D eigenvalue weighted by molar-refractivity contribution is 6.35. The summed E-state index contributed by atoms with van der Waals surface area (Å²) in [5.41, 5.74) is 1.15. The summed E-state index contributed by atoms with van der Waals surface area (Å²) in [6.45, 7) is 5.67. The fraction of sp³-hybridized carbons (Fsp3) is 0.294. The van der Waals surface area contributed by atoms with Gasteiger partial charge in [0.1, 0.15) is 11.4 Å². The normalized spacial score (nSPS) is 23.3. The second-order valence-corrected chi connectivity index (χ2v) is 6.28. The van der Waals surface area contributed by atoms with Gasteiger partial charge in [0.2, 0.25) is 0 Å². The number of aliphatic imine (C=N–C) groups is 1. The van der Waals surface area contributed by atoms with E-state index < -0.39 is 5.54 Å².